The Morgan fingerprint density at radius 1 is 1.04 bits per heavy atom. The van der Waals surface area contributed by atoms with Crippen molar-refractivity contribution in [1.29, 1.82) is 0 Å². The van der Waals surface area contributed by atoms with Crippen LogP contribution in [0.5, 0.6) is 11.6 Å². The largest absolute Gasteiger partial charge is 0.494 e. The molecule has 0 aliphatic heterocycles. The third-order valence-corrected chi connectivity index (χ3v) is 3.83. The molecular formula is C21H20FN3O3. The molecule has 7 heteroatoms. The molecule has 1 aromatic heterocycles. The summed E-state index contributed by atoms with van der Waals surface area (Å²) < 4.78 is 24.0. The highest BCUT2D eigenvalue weighted by Gasteiger charge is 2.06. The zero-order valence-electron chi connectivity index (χ0n) is 15.4. The van der Waals surface area contributed by atoms with Gasteiger partial charge in [-0.05, 0) is 55.5 Å². The summed E-state index contributed by atoms with van der Waals surface area (Å²) in [6, 6.07) is 16.6. The van der Waals surface area contributed by atoms with Gasteiger partial charge in [0.2, 0.25) is 5.88 Å². The summed E-state index contributed by atoms with van der Waals surface area (Å²) in [6.45, 7) is 3.04. The molecule has 0 saturated carbocycles. The van der Waals surface area contributed by atoms with E-state index in [1.807, 2.05) is 37.3 Å². The van der Waals surface area contributed by atoms with Gasteiger partial charge in [0.05, 0.1) is 18.8 Å². The summed E-state index contributed by atoms with van der Waals surface area (Å²) in [4.78, 5) is 11.9. The third-order valence-electron chi connectivity index (χ3n) is 3.83. The number of carbonyl (C=O) groups is 1. The van der Waals surface area contributed by atoms with E-state index in [0.717, 1.165) is 17.0 Å². The van der Waals surface area contributed by atoms with Crippen molar-refractivity contribution in [3.63, 3.8) is 0 Å². The van der Waals surface area contributed by atoms with Gasteiger partial charge in [-0.15, -0.1) is 10.2 Å². The van der Waals surface area contributed by atoms with Crippen LogP contribution in [0.3, 0.4) is 0 Å². The molecule has 0 unspecified atom stereocenters. The van der Waals surface area contributed by atoms with Gasteiger partial charge in [-0.1, -0.05) is 6.07 Å². The highest BCUT2D eigenvalue weighted by Crippen LogP contribution is 2.21. The van der Waals surface area contributed by atoms with Gasteiger partial charge in [-0.25, -0.2) is 4.39 Å². The zero-order chi connectivity index (χ0) is 19.8. The molecule has 1 amide bonds. The van der Waals surface area contributed by atoms with Crippen molar-refractivity contribution in [2.75, 3.05) is 19.8 Å². The third kappa shape index (κ3) is 5.26. The molecule has 0 radical (unpaired) electrons. The summed E-state index contributed by atoms with van der Waals surface area (Å²) >= 11 is 0. The van der Waals surface area contributed by atoms with Crippen LogP contribution < -0.4 is 14.8 Å². The number of aromatic nitrogens is 2. The first-order chi connectivity index (χ1) is 13.7. The monoisotopic (exact) mass is 381 g/mol. The second-order valence-electron chi connectivity index (χ2n) is 5.83. The molecule has 28 heavy (non-hydrogen) atoms. The molecule has 2 aromatic carbocycles. The summed E-state index contributed by atoms with van der Waals surface area (Å²) in [5, 5.41) is 10.8. The van der Waals surface area contributed by atoms with E-state index in [4.69, 9.17) is 9.47 Å². The predicted octanol–water partition coefficient (Wildman–Crippen LogP) is 3.49. The Hall–Kier alpha value is -3.48. The molecule has 0 fully saturated rings. The summed E-state index contributed by atoms with van der Waals surface area (Å²) in [6.07, 6.45) is 0. The minimum atomic E-state index is -0.452. The van der Waals surface area contributed by atoms with Crippen LogP contribution in [-0.4, -0.2) is 35.9 Å². The maximum absolute atomic E-state index is 13.1. The number of benzene rings is 2. The van der Waals surface area contributed by atoms with E-state index in [9.17, 15) is 9.18 Å². The van der Waals surface area contributed by atoms with Crippen molar-refractivity contribution >= 4 is 5.91 Å². The van der Waals surface area contributed by atoms with Crippen LogP contribution in [0.25, 0.3) is 11.3 Å². The van der Waals surface area contributed by atoms with Gasteiger partial charge in [0.1, 0.15) is 18.2 Å². The zero-order valence-corrected chi connectivity index (χ0v) is 15.4. The van der Waals surface area contributed by atoms with Gasteiger partial charge >= 0.3 is 0 Å². The second-order valence-corrected chi connectivity index (χ2v) is 5.83. The fourth-order valence-electron chi connectivity index (χ4n) is 2.49. The number of ether oxygens (including phenoxy) is 2. The fourth-order valence-corrected chi connectivity index (χ4v) is 2.49. The highest BCUT2D eigenvalue weighted by atomic mass is 19.1. The molecule has 0 spiro atoms. The first-order valence-electron chi connectivity index (χ1n) is 8.89. The lowest BCUT2D eigenvalue weighted by Gasteiger charge is -2.08. The Balaban J connectivity index is 1.47. The maximum atomic E-state index is 13.1. The molecule has 6 nitrogen and oxygen atoms in total. The van der Waals surface area contributed by atoms with Crippen LogP contribution in [0, 0.1) is 5.82 Å². The number of hydrogen-bond acceptors (Lipinski definition) is 5. The predicted molar refractivity (Wildman–Crippen MR) is 103 cm³/mol. The smallest absolute Gasteiger partial charge is 0.251 e. The van der Waals surface area contributed by atoms with E-state index < -0.39 is 5.82 Å². The average molecular weight is 381 g/mol. The Morgan fingerprint density at radius 2 is 1.86 bits per heavy atom. The van der Waals surface area contributed by atoms with E-state index >= 15 is 0 Å². The molecule has 1 N–H and O–H groups in total. The lowest BCUT2D eigenvalue weighted by molar-refractivity contribution is 0.0946. The van der Waals surface area contributed by atoms with E-state index in [0.29, 0.717) is 12.5 Å². The summed E-state index contributed by atoms with van der Waals surface area (Å²) in [5.41, 5.74) is 1.90. The average Bonchev–Trinajstić information content (AvgIpc) is 2.72. The van der Waals surface area contributed by atoms with Crippen LogP contribution in [0.4, 0.5) is 4.39 Å². The van der Waals surface area contributed by atoms with Gasteiger partial charge in [0.15, 0.2) is 0 Å². The van der Waals surface area contributed by atoms with Crippen molar-refractivity contribution in [2.24, 2.45) is 0 Å². The Labute approximate surface area is 162 Å². The van der Waals surface area contributed by atoms with Gasteiger partial charge in [0.25, 0.3) is 5.91 Å². The Kier molecular flexibility index (Phi) is 6.51. The lowest BCUT2D eigenvalue weighted by Crippen LogP contribution is -2.28. The Morgan fingerprint density at radius 3 is 2.54 bits per heavy atom. The molecule has 0 aliphatic carbocycles. The van der Waals surface area contributed by atoms with E-state index in [1.54, 1.807) is 12.1 Å². The SMILES string of the molecule is CCOc1ccc(-c2ccc(OCCNC(=O)c3cccc(F)c3)nn2)cc1. The summed E-state index contributed by atoms with van der Waals surface area (Å²) in [5.74, 6) is 0.348. The number of hydrogen-bond donors (Lipinski definition) is 1. The number of nitrogens with one attached hydrogen (secondary N) is 1. The molecular weight excluding hydrogens is 361 g/mol. The standard InChI is InChI=1S/C21H20FN3O3/c1-2-27-18-8-6-15(7-9-18)19-10-11-20(25-24-19)28-13-12-23-21(26)16-4-3-5-17(22)14-16/h3-11,14H,2,12-13H2,1H3,(H,23,26). The normalized spacial score (nSPS) is 10.4. The molecule has 3 aromatic rings. The van der Waals surface area contributed by atoms with Gasteiger partial charge in [0, 0.05) is 17.2 Å². The highest BCUT2D eigenvalue weighted by molar-refractivity contribution is 5.94. The molecule has 1 heterocycles. The van der Waals surface area contributed by atoms with Crippen molar-refractivity contribution in [2.45, 2.75) is 6.92 Å². The number of halogens is 1. The van der Waals surface area contributed by atoms with Gasteiger partial charge < -0.3 is 14.8 Å². The van der Waals surface area contributed by atoms with E-state index in [-0.39, 0.29) is 24.6 Å². The van der Waals surface area contributed by atoms with Crippen LogP contribution in [-0.2, 0) is 0 Å². The number of amides is 1. The van der Waals surface area contributed by atoms with Crippen LogP contribution >= 0.6 is 0 Å². The number of nitrogens with zero attached hydrogens (tertiary/aromatic N) is 2. The van der Waals surface area contributed by atoms with Crippen molar-refractivity contribution in [3.05, 3.63) is 72.0 Å². The first-order valence-corrected chi connectivity index (χ1v) is 8.89. The van der Waals surface area contributed by atoms with Crippen LogP contribution in [0.15, 0.2) is 60.7 Å². The van der Waals surface area contributed by atoms with Crippen molar-refractivity contribution in [3.8, 4) is 22.9 Å². The quantitative estimate of drug-likeness (QED) is 0.605. The number of carbonyl (C=O) groups excluding carboxylic acids is 1. The molecule has 0 bridgehead atoms. The van der Waals surface area contributed by atoms with E-state index in [1.165, 1.54) is 18.2 Å². The fraction of sp³-hybridized carbons (Fsp3) is 0.190. The van der Waals surface area contributed by atoms with Crippen LogP contribution in [0.1, 0.15) is 17.3 Å². The van der Waals surface area contributed by atoms with Gasteiger partial charge in [-0.3, -0.25) is 4.79 Å². The number of rotatable bonds is 8. The summed E-state index contributed by atoms with van der Waals surface area (Å²) in [7, 11) is 0. The molecule has 0 aliphatic rings. The van der Waals surface area contributed by atoms with Crippen molar-refractivity contribution in [1.82, 2.24) is 15.5 Å². The first kappa shape index (κ1) is 19.3. The second kappa shape index (κ2) is 9.45. The minimum Gasteiger partial charge on any atom is -0.494 e. The molecule has 0 saturated heterocycles. The maximum Gasteiger partial charge on any atom is 0.251 e. The molecule has 0 atom stereocenters. The van der Waals surface area contributed by atoms with Crippen molar-refractivity contribution < 1.29 is 18.7 Å². The molecule has 144 valence electrons. The van der Waals surface area contributed by atoms with E-state index in [2.05, 4.69) is 15.5 Å². The lowest BCUT2D eigenvalue weighted by atomic mass is 10.1. The Bertz CT molecular complexity index is 915. The molecule has 3 rings (SSSR count). The van der Waals surface area contributed by atoms with Crippen LogP contribution in [0.2, 0.25) is 0 Å². The minimum absolute atomic E-state index is 0.220. The van der Waals surface area contributed by atoms with Gasteiger partial charge in [-0.2, -0.15) is 0 Å². The topological polar surface area (TPSA) is 73.3 Å².